The Hall–Kier alpha value is -4.99. The van der Waals surface area contributed by atoms with Gasteiger partial charge in [0, 0.05) is 23.1 Å². The van der Waals surface area contributed by atoms with E-state index in [1.54, 1.807) is 68.5 Å². The maximum absolute atomic E-state index is 13.2. The Morgan fingerprint density at radius 1 is 0.905 bits per heavy atom. The maximum atomic E-state index is 13.2. The molecule has 218 valence electrons. The summed E-state index contributed by atoms with van der Waals surface area (Å²) in [4.78, 5) is 33.0. The average molecular weight is 573 g/mol. The van der Waals surface area contributed by atoms with Crippen LogP contribution in [0.4, 0.5) is 5.69 Å². The SMILES string of the molecule is CCO/N=C1\C(=O)N(CCCOc2ccc3oc(-c4ccc(OC)cc4)c(C(=O)OCC)c3c2)c2ccc(OC)cc21. The predicted molar refractivity (Wildman–Crippen MR) is 158 cm³/mol. The topological polar surface area (TPSA) is 109 Å². The fraction of sp³-hybridized carbons (Fsp3) is 0.281. The molecule has 2 heterocycles. The summed E-state index contributed by atoms with van der Waals surface area (Å²) in [6.45, 7) is 4.88. The molecule has 1 aliphatic rings. The number of carbonyl (C=O) groups is 2. The van der Waals surface area contributed by atoms with E-state index in [1.165, 1.54) is 0 Å². The quantitative estimate of drug-likeness (QED) is 0.118. The molecule has 42 heavy (non-hydrogen) atoms. The van der Waals surface area contributed by atoms with Crippen LogP contribution in [0.5, 0.6) is 17.2 Å². The number of hydrogen-bond donors (Lipinski definition) is 0. The summed E-state index contributed by atoms with van der Waals surface area (Å²) < 4.78 is 28.1. The molecule has 0 atom stereocenters. The zero-order valence-electron chi connectivity index (χ0n) is 24.0. The number of amides is 1. The molecule has 4 aromatic rings. The molecule has 0 radical (unpaired) electrons. The third kappa shape index (κ3) is 5.60. The zero-order valence-corrected chi connectivity index (χ0v) is 24.0. The van der Waals surface area contributed by atoms with Gasteiger partial charge in [-0.05, 0) is 80.9 Å². The van der Waals surface area contributed by atoms with Crippen LogP contribution in [0.25, 0.3) is 22.3 Å². The van der Waals surface area contributed by atoms with Crippen LogP contribution in [0.3, 0.4) is 0 Å². The molecule has 0 saturated heterocycles. The number of anilines is 1. The molecular formula is C32H32N2O8. The van der Waals surface area contributed by atoms with Crippen molar-refractivity contribution < 1.29 is 37.8 Å². The highest BCUT2D eigenvalue weighted by Crippen LogP contribution is 2.37. The summed E-state index contributed by atoms with van der Waals surface area (Å²) in [5, 5.41) is 4.64. The second-order valence-electron chi connectivity index (χ2n) is 9.31. The Labute approximate surface area is 243 Å². The van der Waals surface area contributed by atoms with Crippen molar-refractivity contribution >= 4 is 34.2 Å². The highest BCUT2D eigenvalue weighted by atomic mass is 16.6. The van der Waals surface area contributed by atoms with Gasteiger partial charge in [0.05, 0.1) is 33.1 Å². The van der Waals surface area contributed by atoms with Crippen LogP contribution in [-0.4, -0.2) is 58.2 Å². The summed E-state index contributed by atoms with van der Waals surface area (Å²) >= 11 is 0. The molecule has 0 unspecified atom stereocenters. The van der Waals surface area contributed by atoms with Gasteiger partial charge in [0.25, 0.3) is 5.91 Å². The smallest absolute Gasteiger partial charge is 0.342 e. The lowest BCUT2D eigenvalue weighted by Crippen LogP contribution is -2.31. The Morgan fingerprint density at radius 2 is 1.64 bits per heavy atom. The van der Waals surface area contributed by atoms with Crippen molar-refractivity contribution in [3.05, 3.63) is 71.8 Å². The molecule has 0 spiro atoms. The van der Waals surface area contributed by atoms with Crippen LogP contribution < -0.4 is 19.1 Å². The molecule has 0 N–H and O–H groups in total. The summed E-state index contributed by atoms with van der Waals surface area (Å²) in [5.41, 5.74) is 3.24. The number of rotatable bonds is 12. The van der Waals surface area contributed by atoms with Crippen LogP contribution in [0, 0.1) is 0 Å². The second kappa shape index (κ2) is 12.7. The maximum Gasteiger partial charge on any atom is 0.342 e. The van der Waals surface area contributed by atoms with E-state index in [9.17, 15) is 9.59 Å². The van der Waals surface area contributed by atoms with Crippen molar-refractivity contribution in [2.24, 2.45) is 5.16 Å². The first-order valence-corrected chi connectivity index (χ1v) is 13.7. The van der Waals surface area contributed by atoms with Crippen LogP contribution in [0.2, 0.25) is 0 Å². The standard InChI is InChI=1S/C32H32N2O8/c1-5-39-32(36)28-25-19-23(13-15-27(25)42-30(28)20-8-10-21(37-3)11-9-20)40-17-7-16-34-26-14-12-22(38-4)18-24(26)29(31(34)35)33-41-6-2/h8-15,18-19H,5-7,16-17H2,1-4H3/b33-29-. The molecule has 0 bridgehead atoms. The number of carbonyl (C=O) groups excluding carboxylic acids is 2. The van der Waals surface area contributed by atoms with Gasteiger partial charge in [-0.3, -0.25) is 4.79 Å². The van der Waals surface area contributed by atoms with Gasteiger partial charge in [-0.25, -0.2) is 4.79 Å². The molecule has 0 fully saturated rings. The number of nitrogens with zero attached hydrogens (tertiary/aromatic N) is 2. The number of ether oxygens (including phenoxy) is 4. The Bertz CT molecular complexity index is 1620. The number of benzene rings is 3. The van der Waals surface area contributed by atoms with E-state index in [1.807, 2.05) is 25.1 Å². The van der Waals surface area contributed by atoms with Gasteiger partial charge in [0.15, 0.2) is 5.71 Å². The average Bonchev–Trinajstić information content (AvgIpc) is 3.52. The third-order valence-corrected chi connectivity index (χ3v) is 6.77. The van der Waals surface area contributed by atoms with Crippen molar-refractivity contribution in [2.75, 3.05) is 45.5 Å². The fourth-order valence-corrected chi connectivity index (χ4v) is 4.79. The second-order valence-corrected chi connectivity index (χ2v) is 9.31. The van der Waals surface area contributed by atoms with Gasteiger partial charge >= 0.3 is 5.97 Å². The van der Waals surface area contributed by atoms with Crippen molar-refractivity contribution in [1.82, 2.24) is 0 Å². The molecule has 1 aromatic heterocycles. The van der Waals surface area contributed by atoms with E-state index in [0.717, 1.165) is 11.3 Å². The van der Waals surface area contributed by atoms with Crippen LogP contribution in [0.15, 0.2) is 70.2 Å². The number of furan rings is 1. The van der Waals surface area contributed by atoms with E-state index in [-0.39, 0.29) is 18.2 Å². The van der Waals surface area contributed by atoms with E-state index >= 15 is 0 Å². The van der Waals surface area contributed by atoms with Gasteiger partial charge in [-0.2, -0.15) is 0 Å². The Balaban J connectivity index is 1.33. The van der Waals surface area contributed by atoms with Gasteiger partial charge in [0.2, 0.25) is 0 Å². The molecule has 1 amide bonds. The first-order valence-electron chi connectivity index (χ1n) is 13.7. The largest absolute Gasteiger partial charge is 0.497 e. The minimum absolute atomic E-state index is 0.228. The number of hydrogen-bond acceptors (Lipinski definition) is 9. The summed E-state index contributed by atoms with van der Waals surface area (Å²) in [5.74, 6) is 1.58. The first-order chi connectivity index (χ1) is 20.5. The summed E-state index contributed by atoms with van der Waals surface area (Å²) in [6.07, 6.45) is 0.546. The summed E-state index contributed by atoms with van der Waals surface area (Å²) in [7, 11) is 3.17. The lowest BCUT2D eigenvalue weighted by Gasteiger charge is -2.17. The van der Waals surface area contributed by atoms with Crippen LogP contribution in [0.1, 0.15) is 36.2 Å². The Morgan fingerprint density at radius 3 is 2.36 bits per heavy atom. The van der Waals surface area contributed by atoms with Crippen molar-refractivity contribution in [1.29, 1.82) is 0 Å². The van der Waals surface area contributed by atoms with Crippen molar-refractivity contribution in [3.63, 3.8) is 0 Å². The number of fused-ring (bicyclic) bond motifs is 2. The minimum Gasteiger partial charge on any atom is -0.497 e. The van der Waals surface area contributed by atoms with E-state index in [4.69, 9.17) is 28.2 Å². The number of esters is 1. The zero-order chi connectivity index (χ0) is 29.6. The number of oxime groups is 1. The van der Waals surface area contributed by atoms with Crippen molar-refractivity contribution in [3.8, 4) is 28.6 Å². The van der Waals surface area contributed by atoms with Crippen LogP contribution in [-0.2, 0) is 14.4 Å². The van der Waals surface area contributed by atoms with Gasteiger partial charge in [-0.15, -0.1) is 0 Å². The van der Waals surface area contributed by atoms with Gasteiger partial charge in [0.1, 0.15) is 40.8 Å². The molecule has 0 saturated carbocycles. The molecule has 10 heteroatoms. The van der Waals surface area contributed by atoms with Gasteiger partial charge in [-0.1, -0.05) is 5.16 Å². The lowest BCUT2D eigenvalue weighted by molar-refractivity contribution is -0.112. The summed E-state index contributed by atoms with van der Waals surface area (Å²) in [6, 6.07) is 18.0. The molecule has 0 aliphatic carbocycles. The fourth-order valence-electron chi connectivity index (χ4n) is 4.79. The molecule has 3 aromatic carbocycles. The van der Waals surface area contributed by atoms with E-state index in [2.05, 4.69) is 5.16 Å². The molecular weight excluding hydrogens is 540 g/mol. The lowest BCUT2D eigenvalue weighted by atomic mass is 10.1. The van der Waals surface area contributed by atoms with Gasteiger partial charge < -0.3 is 33.1 Å². The molecule has 10 nitrogen and oxygen atoms in total. The first kappa shape index (κ1) is 28.5. The molecule has 5 rings (SSSR count). The number of methoxy groups -OCH3 is 2. The van der Waals surface area contributed by atoms with Crippen molar-refractivity contribution in [2.45, 2.75) is 20.3 Å². The Kier molecular flexibility index (Phi) is 8.61. The highest BCUT2D eigenvalue weighted by molar-refractivity contribution is 6.54. The van der Waals surface area contributed by atoms with E-state index in [0.29, 0.717) is 71.3 Å². The third-order valence-electron chi connectivity index (χ3n) is 6.77. The minimum atomic E-state index is -0.480. The van der Waals surface area contributed by atoms with Crippen LogP contribution >= 0.6 is 0 Å². The normalized spacial score (nSPS) is 13.4. The predicted octanol–water partition coefficient (Wildman–Crippen LogP) is 5.85. The van der Waals surface area contributed by atoms with E-state index < -0.39 is 5.97 Å². The monoisotopic (exact) mass is 572 g/mol. The highest BCUT2D eigenvalue weighted by Gasteiger charge is 2.35. The molecule has 1 aliphatic heterocycles.